The first-order valence-electron chi connectivity index (χ1n) is 8.63. The number of hydrogen-bond donors (Lipinski definition) is 0. The molecule has 0 aromatic carbocycles. The van der Waals surface area contributed by atoms with Crippen molar-refractivity contribution in [3.05, 3.63) is 66.4 Å². The van der Waals surface area contributed by atoms with Crippen molar-refractivity contribution in [2.24, 2.45) is 7.05 Å². The SMILES string of the molecule is Cn1cccc1C1CCCCN1C(=O)c1cccc(-n2cccn2)n1. The molecule has 6 nitrogen and oxygen atoms in total. The zero-order valence-electron chi connectivity index (χ0n) is 14.2. The summed E-state index contributed by atoms with van der Waals surface area (Å²) in [6.07, 6.45) is 8.72. The van der Waals surface area contributed by atoms with Crippen molar-refractivity contribution in [2.75, 3.05) is 6.54 Å². The standard InChI is InChI=1S/C19H21N5O/c1-22-12-5-9-16(22)17-8-2-3-13-23(17)19(25)15-7-4-10-18(21-15)24-14-6-11-20-24/h4-7,9-12,14,17H,2-3,8,13H2,1H3. The summed E-state index contributed by atoms with van der Waals surface area (Å²) < 4.78 is 3.77. The van der Waals surface area contributed by atoms with Crippen molar-refractivity contribution >= 4 is 5.91 Å². The van der Waals surface area contributed by atoms with Crippen molar-refractivity contribution in [1.82, 2.24) is 24.2 Å². The van der Waals surface area contributed by atoms with Crippen molar-refractivity contribution in [1.29, 1.82) is 0 Å². The predicted molar refractivity (Wildman–Crippen MR) is 94.4 cm³/mol. The second kappa shape index (κ2) is 6.55. The number of hydrogen-bond acceptors (Lipinski definition) is 3. The third-order valence-corrected chi connectivity index (χ3v) is 4.78. The molecule has 1 unspecified atom stereocenters. The molecule has 0 N–H and O–H groups in total. The van der Waals surface area contributed by atoms with E-state index in [9.17, 15) is 4.79 Å². The summed E-state index contributed by atoms with van der Waals surface area (Å²) in [5.41, 5.74) is 1.64. The van der Waals surface area contributed by atoms with E-state index >= 15 is 0 Å². The number of piperidine rings is 1. The number of pyridine rings is 1. The second-order valence-electron chi connectivity index (χ2n) is 6.39. The van der Waals surface area contributed by atoms with Crippen molar-refractivity contribution in [2.45, 2.75) is 25.3 Å². The molecule has 0 saturated carbocycles. The first-order chi connectivity index (χ1) is 12.2. The Kier molecular flexibility index (Phi) is 4.09. The number of carbonyl (C=O) groups is 1. The van der Waals surface area contributed by atoms with Gasteiger partial charge in [0.25, 0.3) is 5.91 Å². The van der Waals surface area contributed by atoms with Gasteiger partial charge in [-0.3, -0.25) is 4.79 Å². The topological polar surface area (TPSA) is 56.0 Å². The highest BCUT2D eigenvalue weighted by Crippen LogP contribution is 2.32. The molecule has 0 bridgehead atoms. The average molecular weight is 335 g/mol. The molecule has 1 fully saturated rings. The Labute approximate surface area is 146 Å². The van der Waals surface area contributed by atoms with Crippen molar-refractivity contribution < 1.29 is 4.79 Å². The summed E-state index contributed by atoms with van der Waals surface area (Å²) in [7, 11) is 2.03. The van der Waals surface area contributed by atoms with E-state index in [1.54, 1.807) is 16.9 Å². The summed E-state index contributed by atoms with van der Waals surface area (Å²) in [6, 6.07) is 11.6. The molecule has 6 heteroatoms. The molecule has 4 heterocycles. The number of nitrogens with zero attached hydrogens (tertiary/aromatic N) is 5. The van der Waals surface area contributed by atoms with Crippen LogP contribution in [0.25, 0.3) is 5.82 Å². The highest BCUT2D eigenvalue weighted by atomic mass is 16.2. The molecule has 0 aliphatic carbocycles. The van der Waals surface area contributed by atoms with E-state index < -0.39 is 0 Å². The van der Waals surface area contributed by atoms with Gasteiger partial charge in [-0.2, -0.15) is 5.10 Å². The van der Waals surface area contributed by atoms with Gasteiger partial charge in [-0.05, 0) is 49.6 Å². The highest BCUT2D eigenvalue weighted by Gasteiger charge is 2.30. The van der Waals surface area contributed by atoms with E-state index in [0.717, 1.165) is 25.8 Å². The van der Waals surface area contributed by atoms with Crippen LogP contribution in [-0.2, 0) is 7.05 Å². The number of carbonyl (C=O) groups excluding carboxylic acids is 1. The van der Waals surface area contributed by atoms with Gasteiger partial charge in [0.15, 0.2) is 5.82 Å². The van der Waals surface area contributed by atoms with E-state index in [1.807, 2.05) is 48.6 Å². The Bertz CT molecular complexity index is 868. The highest BCUT2D eigenvalue weighted by molar-refractivity contribution is 5.92. The Morgan fingerprint density at radius 3 is 2.80 bits per heavy atom. The summed E-state index contributed by atoms with van der Waals surface area (Å²) in [6.45, 7) is 0.766. The van der Waals surface area contributed by atoms with Gasteiger partial charge in [0.05, 0.1) is 6.04 Å². The molecule has 1 atom stereocenters. The van der Waals surface area contributed by atoms with Crippen LogP contribution >= 0.6 is 0 Å². The van der Waals surface area contributed by atoms with Crippen LogP contribution in [0, 0.1) is 0 Å². The summed E-state index contributed by atoms with van der Waals surface area (Å²) in [5.74, 6) is 0.642. The van der Waals surface area contributed by atoms with Gasteiger partial charge in [-0.1, -0.05) is 6.07 Å². The summed E-state index contributed by atoms with van der Waals surface area (Å²) in [5, 5.41) is 4.19. The molecular weight excluding hydrogens is 314 g/mol. The molecule has 0 radical (unpaired) electrons. The molecule has 25 heavy (non-hydrogen) atoms. The maximum Gasteiger partial charge on any atom is 0.273 e. The maximum atomic E-state index is 13.2. The fourth-order valence-electron chi connectivity index (χ4n) is 3.52. The Morgan fingerprint density at radius 1 is 1.12 bits per heavy atom. The smallest absolute Gasteiger partial charge is 0.273 e. The van der Waals surface area contributed by atoms with Crippen LogP contribution in [0.5, 0.6) is 0 Å². The molecule has 3 aromatic heterocycles. The lowest BCUT2D eigenvalue weighted by Crippen LogP contribution is -2.39. The van der Waals surface area contributed by atoms with E-state index in [2.05, 4.69) is 20.7 Å². The minimum Gasteiger partial charge on any atom is -0.353 e. The first kappa shape index (κ1) is 15.6. The second-order valence-corrected chi connectivity index (χ2v) is 6.39. The first-order valence-corrected chi connectivity index (χ1v) is 8.63. The van der Waals surface area contributed by atoms with Gasteiger partial charge < -0.3 is 9.47 Å². The Morgan fingerprint density at radius 2 is 2.04 bits per heavy atom. The molecule has 1 saturated heterocycles. The number of likely N-dealkylation sites (tertiary alicyclic amines) is 1. The van der Waals surface area contributed by atoms with E-state index in [1.165, 1.54) is 5.69 Å². The van der Waals surface area contributed by atoms with Crippen LogP contribution in [0.3, 0.4) is 0 Å². The van der Waals surface area contributed by atoms with Gasteiger partial charge in [0.2, 0.25) is 0 Å². The van der Waals surface area contributed by atoms with Crippen molar-refractivity contribution in [3.63, 3.8) is 0 Å². The number of aryl methyl sites for hydroxylation is 1. The average Bonchev–Trinajstić information content (AvgIpc) is 3.33. The fraction of sp³-hybridized carbons (Fsp3) is 0.316. The maximum absolute atomic E-state index is 13.2. The Hall–Kier alpha value is -2.89. The molecule has 1 aliphatic rings. The lowest BCUT2D eigenvalue weighted by atomic mass is 9.98. The fourth-order valence-corrected chi connectivity index (χ4v) is 3.52. The zero-order chi connectivity index (χ0) is 17.2. The van der Waals surface area contributed by atoms with E-state index in [4.69, 9.17) is 0 Å². The minimum absolute atomic E-state index is 0.0140. The van der Waals surface area contributed by atoms with Crippen LogP contribution in [0.4, 0.5) is 0 Å². The van der Waals surface area contributed by atoms with Crippen molar-refractivity contribution in [3.8, 4) is 5.82 Å². The lowest BCUT2D eigenvalue weighted by molar-refractivity contribution is 0.0596. The lowest BCUT2D eigenvalue weighted by Gasteiger charge is -2.36. The van der Waals surface area contributed by atoms with Crippen LogP contribution in [0.1, 0.15) is 41.5 Å². The molecular formula is C19H21N5O. The summed E-state index contributed by atoms with van der Waals surface area (Å²) in [4.78, 5) is 19.7. The van der Waals surface area contributed by atoms with Gasteiger partial charge in [-0.25, -0.2) is 9.67 Å². The quantitative estimate of drug-likeness (QED) is 0.739. The van der Waals surface area contributed by atoms with Gasteiger partial charge in [0.1, 0.15) is 5.69 Å². The zero-order valence-corrected chi connectivity index (χ0v) is 14.2. The Balaban J connectivity index is 1.65. The predicted octanol–water partition coefficient (Wildman–Crippen LogP) is 2.97. The van der Waals surface area contributed by atoms with Crippen LogP contribution < -0.4 is 0 Å². The van der Waals surface area contributed by atoms with E-state index in [0.29, 0.717) is 11.5 Å². The molecule has 0 spiro atoms. The molecule has 128 valence electrons. The molecule has 3 aromatic rings. The number of amides is 1. The minimum atomic E-state index is -0.0140. The van der Waals surface area contributed by atoms with Gasteiger partial charge in [-0.15, -0.1) is 0 Å². The summed E-state index contributed by atoms with van der Waals surface area (Å²) >= 11 is 0. The van der Waals surface area contributed by atoms with E-state index in [-0.39, 0.29) is 11.9 Å². The van der Waals surface area contributed by atoms with Crippen LogP contribution in [0.15, 0.2) is 55.0 Å². The monoisotopic (exact) mass is 335 g/mol. The largest absolute Gasteiger partial charge is 0.353 e. The van der Waals surface area contributed by atoms with Crippen LogP contribution in [-0.4, -0.2) is 36.7 Å². The number of aromatic nitrogens is 4. The normalized spacial score (nSPS) is 17.6. The third kappa shape index (κ3) is 2.95. The number of rotatable bonds is 3. The van der Waals surface area contributed by atoms with Crippen LogP contribution in [0.2, 0.25) is 0 Å². The molecule has 1 aliphatic heterocycles. The third-order valence-electron chi connectivity index (χ3n) is 4.78. The van der Waals surface area contributed by atoms with Gasteiger partial charge in [0, 0.05) is 37.9 Å². The molecule has 1 amide bonds. The molecule has 4 rings (SSSR count). The van der Waals surface area contributed by atoms with Gasteiger partial charge >= 0.3 is 0 Å².